The van der Waals surface area contributed by atoms with E-state index >= 15 is 0 Å². The van der Waals surface area contributed by atoms with E-state index < -0.39 is 0 Å². The molecule has 0 saturated heterocycles. The van der Waals surface area contributed by atoms with E-state index in [2.05, 4.69) is 24.0 Å². The average molecular weight is 399 g/mol. The molecule has 1 aromatic heterocycles. The van der Waals surface area contributed by atoms with Gasteiger partial charge in [0.25, 0.3) is 0 Å². The second-order valence-corrected chi connectivity index (χ2v) is 9.26. The number of carbonyl (C=O) groups is 1. The maximum absolute atomic E-state index is 13.1. The van der Waals surface area contributed by atoms with Gasteiger partial charge in [0, 0.05) is 18.5 Å². The second-order valence-electron chi connectivity index (χ2n) is 7.95. The zero-order valence-corrected chi connectivity index (χ0v) is 17.7. The molecule has 0 unspecified atom stereocenters. The van der Waals surface area contributed by atoms with E-state index in [1.807, 2.05) is 29.8 Å². The molecular weight excluding hydrogens is 368 g/mol. The predicted molar refractivity (Wildman–Crippen MR) is 113 cm³/mol. The fraction of sp³-hybridized carbons (Fsp3) is 0.591. The number of para-hydroxylation sites is 1. The Morgan fingerprint density at radius 1 is 1.18 bits per heavy atom. The molecule has 2 aliphatic rings. The lowest BCUT2D eigenvalue weighted by atomic mass is 9.94. The lowest BCUT2D eigenvalue weighted by Gasteiger charge is -2.35. The van der Waals surface area contributed by atoms with Crippen LogP contribution in [0.2, 0.25) is 0 Å². The van der Waals surface area contributed by atoms with Crippen LogP contribution in [-0.2, 0) is 4.79 Å². The quantitative estimate of drug-likeness (QED) is 0.628. The number of aromatic nitrogens is 3. The van der Waals surface area contributed by atoms with Crippen molar-refractivity contribution >= 4 is 17.7 Å². The molecule has 2 aliphatic carbocycles. The van der Waals surface area contributed by atoms with Gasteiger partial charge in [-0.2, -0.15) is 0 Å². The molecular formula is C22H30N4OS. The SMILES string of the molecule is CCN(C(=O)[C@H](C)Sc1nc(C2CC2)n(-c2ccccc2)n1)C1CCCCC1. The summed E-state index contributed by atoms with van der Waals surface area (Å²) in [6, 6.07) is 10.6. The van der Waals surface area contributed by atoms with Gasteiger partial charge in [-0.25, -0.2) is 9.67 Å². The third-order valence-corrected chi connectivity index (χ3v) is 6.76. The Kier molecular flexibility index (Phi) is 6.04. The van der Waals surface area contributed by atoms with E-state index in [1.54, 1.807) is 0 Å². The van der Waals surface area contributed by atoms with Gasteiger partial charge in [-0.3, -0.25) is 4.79 Å². The maximum atomic E-state index is 13.1. The summed E-state index contributed by atoms with van der Waals surface area (Å²) in [5, 5.41) is 5.31. The molecule has 2 fully saturated rings. The van der Waals surface area contributed by atoms with E-state index in [9.17, 15) is 4.79 Å². The molecule has 4 rings (SSSR count). The number of nitrogens with zero attached hydrogens (tertiary/aromatic N) is 4. The maximum Gasteiger partial charge on any atom is 0.236 e. The van der Waals surface area contributed by atoms with Gasteiger partial charge in [0.05, 0.1) is 10.9 Å². The highest BCUT2D eigenvalue weighted by atomic mass is 32.2. The van der Waals surface area contributed by atoms with Gasteiger partial charge in [-0.05, 0) is 51.7 Å². The molecule has 1 heterocycles. The van der Waals surface area contributed by atoms with Crippen LogP contribution in [0.3, 0.4) is 0 Å². The number of amides is 1. The van der Waals surface area contributed by atoms with Gasteiger partial charge in [0.15, 0.2) is 0 Å². The summed E-state index contributed by atoms with van der Waals surface area (Å²) in [6.07, 6.45) is 8.42. The number of carbonyl (C=O) groups excluding carboxylic acids is 1. The van der Waals surface area contributed by atoms with Gasteiger partial charge in [-0.1, -0.05) is 49.2 Å². The molecule has 0 bridgehead atoms. The van der Waals surface area contributed by atoms with Crippen LogP contribution >= 0.6 is 11.8 Å². The standard InChI is InChI=1S/C22H30N4OS/c1-3-25(18-10-6-4-7-11-18)21(27)16(2)28-22-23-20(17-14-15-17)26(24-22)19-12-8-5-9-13-19/h5,8-9,12-13,16-18H,3-4,6-7,10-11,14-15H2,1-2H3/t16-/m0/s1. The van der Waals surface area contributed by atoms with Crippen LogP contribution in [0.25, 0.3) is 5.69 Å². The molecule has 1 amide bonds. The van der Waals surface area contributed by atoms with E-state index in [4.69, 9.17) is 10.1 Å². The van der Waals surface area contributed by atoms with Crippen LogP contribution in [0.15, 0.2) is 35.5 Å². The highest BCUT2D eigenvalue weighted by molar-refractivity contribution is 8.00. The predicted octanol–water partition coefficient (Wildman–Crippen LogP) is 4.81. The van der Waals surface area contributed by atoms with Crippen molar-refractivity contribution in [2.75, 3.05) is 6.54 Å². The highest BCUT2D eigenvalue weighted by Gasteiger charge is 2.32. The Morgan fingerprint density at radius 2 is 1.89 bits per heavy atom. The summed E-state index contributed by atoms with van der Waals surface area (Å²) in [5.41, 5.74) is 1.04. The number of thioether (sulfide) groups is 1. The smallest absolute Gasteiger partial charge is 0.236 e. The lowest BCUT2D eigenvalue weighted by Crippen LogP contribution is -2.44. The Bertz CT molecular complexity index is 796. The number of hydrogen-bond acceptors (Lipinski definition) is 4. The largest absolute Gasteiger partial charge is 0.339 e. The number of rotatable bonds is 7. The summed E-state index contributed by atoms with van der Waals surface area (Å²) in [5.74, 6) is 1.76. The van der Waals surface area contributed by atoms with Crippen LogP contribution in [0, 0.1) is 0 Å². The zero-order chi connectivity index (χ0) is 19.5. The fourth-order valence-electron chi connectivity index (χ4n) is 4.15. The molecule has 0 aliphatic heterocycles. The topological polar surface area (TPSA) is 51.0 Å². The summed E-state index contributed by atoms with van der Waals surface area (Å²) >= 11 is 1.50. The van der Waals surface area contributed by atoms with Crippen molar-refractivity contribution in [3.63, 3.8) is 0 Å². The van der Waals surface area contributed by atoms with Gasteiger partial charge < -0.3 is 4.90 Å². The Morgan fingerprint density at radius 3 is 2.54 bits per heavy atom. The first kappa shape index (κ1) is 19.5. The van der Waals surface area contributed by atoms with Crippen LogP contribution in [0.5, 0.6) is 0 Å². The molecule has 0 spiro atoms. The molecule has 1 aromatic carbocycles. The minimum atomic E-state index is -0.166. The van der Waals surface area contributed by atoms with Crippen LogP contribution in [-0.4, -0.2) is 43.4 Å². The highest BCUT2D eigenvalue weighted by Crippen LogP contribution is 2.40. The molecule has 28 heavy (non-hydrogen) atoms. The molecule has 0 N–H and O–H groups in total. The van der Waals surface area contributed by atoms with E-state index in [-0.39, 0.29) is 11.2 Å². The molecule has 6 heteroatoms. The minimum Gasteiger partial charge on any atom is -0.339 e. The summed E-state index contributed by atoms with van der Waals surface area (Å²) in [7, 11) is 0. The first-order valence-electron chi connectivity index (χ1n) is 10.7. The second kappa shape index (κ2) is 8.68. The Hall–Kier alpha value is -1.82. The van der Waals surface area contributed by atoms with Gasteiger partial charge >= 0.3 is 0 Å². The normalized spacial score (nSPS) is 18.8. The summed E-state index contributed by atoms with van der Waals surface area (Å²) in [4.78, 5) is 20.0. The average Bonchev–Trinajstić information content (AvgIpc) is 3.50. The molecule has 150 valence electrons. The Balaban J connectivity index is 1.49. The van der Waals surface area contributed by atoms with Crippen LogP contribution < -0.4 is 0 Å². The molecule has 2 aromatic rings. The monoisotopic (exact) mass is 398 g/mol. The number of benzene rings is 1. The number of hydrogen-bond donors (Lipinski definition) is 0. The van der Waals surface area contributed by atoms with E-state index in [0.717, 1.165) is 30.9 Å². The fourth-order valence-corrected chi connectivity index (χ4v) is 4.98. The Labute approximate surface area is 171 Å². The van der Waals surface area contributed by atoms with E-state index in [1.165, 1.54) is 43.9 Å². The first-order chi connectivity index (χ1) is 13.7. The van der Waals surface area contributed by atoms with Crippen molar-refractivity contribution in [3.05, 3.63) is 36.2 Å². The third kappa shape index (κ3) is 4.27. The van der Waals surface area contributed by atoms with Crippen molar-refractivity contribution in [1.82, 2.24) is 19.7 Å². The molecule has 1 atom stereocenters. The van der Waals surface area contributed by atoms with Gasteiger partial charge in [0.1, 0.15) is 5.82 Å². The first-order valence-corrected chi connectivity index (χ1v) is 11.5. The van der Waals surface area contributed by atoms with Gasteiger partial charge in [0.2, 0.25) is 11.1 Å². The van der Waals surface area contributed by atoms with Crippen molar-refractivity contribution in [2.45, 2.75) is 81.2 Å². The van der Waals surface area contributed by atoms with Gasteiger partial charge in [-0.15, -0.1) is 5.10 Å². The summed E-state index contributed by atoms with van der Waals surface area (Å²) in [6.45, 7) is 4.88. The third-order valence-electron chi connectivity index (χ3n) is 5.83. The van der Waals surface area contributed by atoms with Crippen molar-refractivity contribution in [3.8, 4) is 5.69 Å². The van der Waals surface area contributed by atoms with Crippen molar-refractivity contribution in [2.24, 2.45) is 0 Å². The minimum absolute atomic E-state index is 0.166. The lowest BCUT2D eigenvalue weighted by molar-refractivity contribution is -0.133. The zero-order valence-electron chi connectivity index (χ0n) is 16.9. The van der Waals surface area contributed by atoms with E-state index in [0.29, 0.717) is 17.1 Å². The van der Waals surface area contributed by atoms with Crippen molar-refractivity contribution in [1.29, 1.82) is 0 Å². The van der Waals surface area contributed by atoms with Crippen LogP contribution in [0.1, 0.15) is 70.5 Å². The molecule has 0 radical (unpaired) electrons. The molecule has 5 nitrogen and oxygen atoms in total. The summed E-state index contributed by atoms with van der Waals surface area (Å²) < 4.78 is 1.97. The van der Waals surface area contributed by atoms with Crippen LogP contribution in [0.4, 0.5) is 0 Å². The van der Waals surface area contributed by atoms with Crippen molar-refractivity contribution < 1.29 is 4.79 Å². The molecule has 2 saturated carbocycles.